The third-order valence-corrected chi connectivity index (χ3v) is 2.88. The first kappa shape index (κ1) is 10.4. The number of hydrogen-bond donors (Lipinski definition) is 2. The maximum atomic E-state index is 6.10. The lowest BCUT2D eigenvalue weighted by molar-refractivity contribution is 0.182. The first-order chi connectivity index (χ1) is 7.27. The van der Waals surface area contributed by atoms with Crippen molar-refractivity contribution in [1.82, 2.24) is 4.98 Å². The van der Waals surface area contributed by atoms with Crippen LogP contribution in [0.15, 0.2) is 18.3 Å². The molecule has 0 spiro atoms. The quantitative estimate of drug-likeness (QED) is 0.778. The Balaban J connectivity index is 2.00. The van der Waals surface area contributed by atoms with Crippen LogP contribution in [0.1, 0.15) is 24.4 Å². The van der Waals surface area contributed by atoms with E-state index in [4.69, 9.17) is 16.2 Å². The van der Waals surface area contributed by atoms with Crippen molar-refractivity contribution in [3.63, 3.8) is 0 Å². The number of hydrogen-bond acceptors (Lipinski definition) is 4. The lowest BCUT2D eigenvalue weighted by Crippen LogP contribution is -2.17. The Morgan fingerprint density at radius 2 is 2.47 bits per heavy atom. The largest absolute Gasteiger partial charge is 0.383 e. The van der Waals surface area contributed by atoms with Gasteiger partial charge in [0.05, 0.1) is 0 Å². The van der Waals surface area contributed by atoms with Gasteiger partial charge in [-0.3, -0.25) is 0 Å². The number of pyridine rings is 1. The van der Waals surface area contributed by atoms with Gasteiger partial charge >= 0.3 is 0 Å². The van der Waals surface area contributed by atoms with Crippen LogP contribution in [0.5, 0.6) is 0 Å². The van der Waals surface area contributed by atoms with Crippen molar-refractivity contribution in [2.45, 2.75) is 18.9 Å². The molecule has 1 saturated heterocycles. The summed E-state index contributed by atoms with van der Waals surface area (Å²) in [5.41, 5.74) is 12.8. The second kappa shape index (κ2) is 4.59. The molecular formula is C11H17N3O. The van der Waals surface area contributed by atoms with Crippen LogP contribution in [0.4, 0.5) is 5.82 Å². The Kier molecular flexibility index (Phi) is 3.18. The number of nitrogens with two attached hydrogens (primary N) is 2. The van der Waals surface area contributed by atoms with Gasteiger partial charge in [-0.2, -0.15) is 0 Å². The second-order valence-corrected chi connectivity index (χ2v) is 4.05. The van der Waals surface area contributed by atoms with Gasteiger partial charge in [0.1, 0.15) is 5.82 Å². The standard InChI is InChI=1S/C11H17N3O/c12-10(6-8-3-5-15-7-8)9-2-1-4-14-11(9)13/h1-2,4,8,10H,3,5-7,12H2,(H2,13,14). The Morgan fingerprint density at radius 1 is 1.60 bits per heavy atom. The highest BCUT2D eigenvalue weighted by Crippen LogP contribution is 2.26. The zero-order chi connectivity index (χ0) is 10.7. The molecule has 1 aliphatic rings. The van der Waals surface area contributed by atoms with Gasteiger partial charge in [0, 0.05) is 31.0 Å². The van der Waals surface area contributed by atoms with Crippen molar-refractivity contribution >= 4 is 5.82 Å². The van der Waals surface area contributed by atoms with Crippen molar-refractivity contribution in [2.24, 2.45) is 11.7 Å². The lowest BCUT2D eigenvalue weighted by atomic mass is 9.95. The maximum Gasteiger partial charge on any atom is 0.128 e. The first-order valence-electron chi connectivity index (χ1n) is 5.31. The zero-order valence-corrected chi connectivity index (χ0v) is 8.73. The van der Waals surface area contributed by atoms with E-state index in [0.29, 0.717) is 11.7 Å². The van der Waals surface area contributed by atoms with E-state index in [1.807, 2.05) is 12.1 Å². The van der Waals surface area contributed by atoms with Gasteiger partial charge in [0.25, 0.3) is 0 Å². The Bertz CT molecular complexity index is 323. The smallest absolute Gasteiger partial charge is 0.128 e. The van der Waals surface area contributed by atoms with Crippen LogP contribution in [0.3, 0.4) is 0 Å². The molecule has 0 radical (unpaired) electrons. The predicted octanol–water partition coefficient (Wildman–Crippen LogP) is 1.09. The van der Waals surface area contributed by atoms with Gasteiger partial charge in [0.15, 0.2) is 0 Å². The Hall–Kier alpha value is -1.13. The predicted molar refractivity (Wildman–Crippen MR) is 59.1 cm³/mol. The number of nitrogens with zero attached hydrogens (tertiary/aromatic N) is 1. The van der Waals surface area contributed by atoms with Crippen molar-refractivity contribution in [3.05, 3.63) is 23.9 Å². The summed E-state index contributed by atoms with van der Waals surface area (Å²) in [4.78, 5) is 4.04. The fourth-order valence-corrected chi connectivity index (χ4v) is 2.00. The molecule has 4 heteroatoms. The third-order valence-electron chi connectivity index (χ3n) is 2.88. The van der Waals surface area contributed by atoms with Crippen LogP contribution in [-0.4, -0.2) is 18.2 Å². The normalized spacial score (nSPS) is 22.9. The van der Waals surface area contributed by atoms with Gasteiger partial charge in [0.2, 0.25) is 0 Å². The molecule has 2 rings (SSSR count). The zero-order valence-electron chi connectivity index (χ0n) is 8.73. The summed E-state index contributed by atoms with van der Waals surface area (Å²) in [6.07, 6.45) is 3.72. The SMILES string of the molecule is Nc1ncccc1C(N)CC1CCOC1. The van der Waals surface area contributed by atoms with E-state index in [-0.39, 0.29) is 6.04 Å². The summed E-state index contributed by atoms with van der Waals surface area (Å²) in [7, 11) is 0. The highest BCUT2D eigenvalue weighted by atomic mass is 16.5. The lowest BCUT2D eigenvalue weighted by Gasteiger charge is -2.16. The molecule has 4 N–H and O–H groups in total. The van der Waals surface area contributed by atoms with E-state index >= 15 is 0 Å². The van der Waals surface area contributed by atoms with E-state index in [1.165, 1.54) is 0 Å². The van der Waals surface area contributed by atoms with Crippen molar-refractivity contribution in [1.29, 1.82) is 0 Å². The van der Waals surface area contributed by atoms with E-state index in [2.05, 4.69) is 4.98 Å². The van der Waals surface area contributed by atoms with Gasteiger partial charge in [-0.1, -0.05) is 6.07 Å². The van der Waals surface area contributed by atoms with Crippen LogP contribution in [0.2, 0.25) is 0 Å². The molecule has 1 aromatic heterocycles. The van der Waals surface area contributed by atoms with Crippen LogP contribution >= 0.6 is 0 Å². The van der Waals surface area contributed by atoms with Crippen LogP contribution < -0.4 is 11.5 Å². The van der Waals surface area contributed by atoms with Crippen LogP contribution in [-0.2, 0) is 4.74 Å². The minimum absolute atomic E-state index is 0.0228. The summed E-state index contributed by atoms with van der Waals surface area (Å²) in [5, 5.41) is 0. The van der Waals surface area contributed by atoms with Crippen LogP contribution in [0, 0.1) is 5.92 Å². The number of nitrogen functional groups attached to an aromatic ring is 1. The van der Waals surface area contributed by atoms with E-state index < -0.39 is 0 Å². The second-order valence-electron chi connectivity index (χ2n) is 4.05. The topological polar surface area (TPSA) is 74.2 Å². The molecule has 1 fully saturated rings. The summed E-state index contributed by atoms with van der Waals surface area (Å²) in [6, 6.07) is 3.80. The molecule has 15 heavy (non-hydrogen) atoms. The molecule has 1 aromatic rings. The number of rotatable bonds is 3. The molecule has 1 aliphatic heterocycles. The summed E-state index contributed by atoms with van der Waals surface area (Å²) >= 11 is 0. The summed E-state index contributed by atoms with van der Waals surface area (Å²) < 4.78 is 5.32. The van der Waals surface area contributed by atoms with Crippen molar-refractivity contribution in [3.8, 4) is 0 Å². The summed E-state index contributed by atoms with van der Waals surface area (Å²) in [6.45, 7) is 1.69. The van der Waals surface area contributed by atoms with E-state index in [9.17, 15) is 0 Å². The summed E-state index contributed by atoms with van der Waals surface area (Å²) in [5.74, 6) is 1.11. The first-order valence-corrected chi connectivity index (χ1v) is 5.31. The molecule has 0 aromatic carbocycles. The molecule has 0 saturated carbocycles. The van der Waals surface area contributed by atoms with Gasteiger partial charge in [-0.25, -0.2) is 4.98 Å². The molecule has 0 bridgehead atoms. The highest BCUT2D eigenvalue weighted by Gasteiger charge is 2.20. The molecule has 82 valence electrons. The fourth-order valence-electron chi connectivity index (χ4n) is 2.00. The fraction of sp³-hybridized carbons (Fsp3) is 0.545. The Labute approximate surface area is 89.6 Å². The Morgan fingerprint density at radius 3 is 3.13 bits per heavy atom. The molecule has 2 unspecified atom stereocenters. The minimum atomic E-state index is -0.0228. The minimum Gasteiger partial charge on any atom is -0.383 e. The van der Waals surface area contributed by atoms with Crippen LogP contribution in [0.25, 0.3) is 0 Å². The van der Waals surface area contributed by atoms with Crippen molar-refractivity contribution in [2.75, 3.05) is 18.9 Å². The van der Waals surface area contributed by atoms with Gasteiger partial charge in [-0.05, 0) is 24.8 Å². The van der Waals surface area contributed by atoms with Gasteiger partial charge in [-0.15, -0.1) is 0 Å². The van der Waals surface area contributed by atoms with Gasteiger partial charge < -0.3 is 16.2 Å². The molecule has 2 heterocycles. The molecule has 4 nitrogen and oxygen atoms in total. The van der Waals surface area contributed by atoms with E-state index in [0.717, 1.165) is 31.6 Å². The maximum absolute atomic E-state index is 6.10. The number of ether oxygens (including phenoxy) is 1. The molecule has 2 atom stereocenters. The molecule has 0 amide bonds. The number of anilines is 1. The van der Waals surface area contributed by atoms with Crippen molar-refractivity contribution < 1.29 is 4.74 Å². The number of aromatic nitrogens is 1. The van der Waals surface area contributed by atoms with E-state index in [1.54, 1.807) is 6.20 Å². The highest BCUT2D eigenvalue weighted by molar-refractivity contribution is 5.40. The third kappa shape index (κ3) is 2.46. The molecule has 0 aliphatic carbocycles. The average Bonchev–Trinajstić information content (AvgIpc) is 2.71. The average molecular weight is 207 g/mol. The molecular weight excluding hydrogens is 190 g/mol. The monoisotopic (exact) mass is 207 g/mol.